The van der Waals surface area contributed by atoms with Crippen molar-refractivity contribution < 1.29 is 4.74 Å². The molecule has 0 saturated carbocycles. The third-order valence-electron chi connectivity index (χ3n) is 3.09. The molecule has 2 rings (SSSR count). The van der Waals surface area contributed by atoms with Gasteiger partial charge in [0.25, 0.3) is 0 Å². The smallest absolute Gasteiger partial charge is 0.247 e. The Kier molecular flexibility index (Phi) is 5.52. The lowest BCUT2D eigenvalue weighted by Gasteiger charge is -2.18. The fourth-order valence-corrected chi connectivity index (χ4v) is 2.03. The Balaban J connectivity index is 2.08. The summed E-state index contributed by atoms with van der Waals surface area (Å²) in [6.07, 6.45) is 1.78. The Morgan fingerprint density at radius 3 is 2.41 bits per heavy atom. The van der Waals surface area contributed by atoms with E-state index >= 15 is 0 Å². The number of nitrogens with zero attached hydrogens (tertiary/aromatic N) is 4. The maximum atomic E-state index is 5.63. The first-order valence-electron chi connectivity index (χ1n) is 7.60. The molecule has 6 heteroatoms. The van der Waals surface area contributed by atoms with E-state index in [1.54, 1.807) is 6.20 Å². The summed E-state index contributed by atoms with van der Waals surface area (Å²) in [6.45, 7) is 9.85. The summed E-state index contributed by atoms with van der Waals surface area (Å²) in [6, 6.07) is 7.78. The van der Waals surface area contributed by atoms with E-state index in [0.717, 1.165) is 24.5 Å². The van der Waals surface area contributed by atoms with Crippen molar-refractivity contribution in [3.05, 3.63) is 30.5 Å². The summed E-state index contributed by atoms with van der Waals surface area (Å²) in [5.74, 6) is 2.16. The molecule has 0 aliphatic carbocycles. The molecule has 0 fully saturated rings. The van der Waals surface area contributed by atoms with E-state index in [9.17, 15) is 0 Å². The van der Waals surface area contributed by atoms with Crippen molar-refractivity contribution in [2.75, 3.05) is 23.3 Å². The minimum Gasteiger partial charge on any atom is -0.491 e. The van der Waals surface area contributed by atoms with Crippen molar-refractivity contribution >= 4 is 17.5 Å². The number of rotatable bonds is 7. The Hall–Kier alpha value is -2.37. The van der Waals surface area contributed by atoms with Crippen LogP contribution in [0.25, 0.3) is 0 Å². The van der Waals surface area contributed by atoms with E-state index in [4.69, 9.17) is 4.74 Å². The molecule has 0 unspecified atom stereocenters. The van der Waals surface area contributed by atoms with Gasteiger partial charge in [-0.3, -0.25) is 0 Å². The molecule has 6 nitrogen and oxygen atoms in total. The van der Waals surface area contributed by atoms with Crippen LogP contribution >= 0.6 is 0 Å². The number of hydrogen-bond acceptors (Lipinski definition) is 6. The quantitative estimate of drug-likeness (QED) is 0.847. The summed E-state index contributed by atoms with van der Waals surface area (Å²) in [4.78, 5) is 6.54. The lowest BCUT2D eigenvalue weighted by Crippen LogP contribution is -2.24. The Morgan fingerprint density at radius 2 is 1.82 bits per heavy atom. The highest BCUT2D eigenvalue weighted by molar-refractivity contribution is 5.57. The van der Waals surface area contributed by atoms with E-state index in [0.29, 0.717) is 11.8 Å². The Morgan fingerprint density at radius 1 is 1.14 bits per heavy atom. The predicted octanol–water partition coefficient (Wildman–Crippen LogP) is 3.25. The lowest BCUT2D eigenvalue weighted by molar-refractivity contribution is 0.242. The molecule has 0 saturated heterocycles. The van der Waals surface area contributed by atoms with Crippen LogP contribution in [0.15, 0.2) is 30.5 Å². The maximum absolute atomic E-state index is 5.63. The highest BCUT2D eigenvalue weighted by Gasteiger charge is 2.07. The van der Waals surface area contributed by atoms with Crippen LogP contribution < -0.4 is 15.0 Å². The van der Waals surface area contributed by atoms with E-state index < -0.39 is 0 Å². The van der Waals surface area contributed by atoms with Crippen LogP contribution in [0.2, 0.25) is 0 Å². The second-order valence-corrected chi connectivity index (χ2v) is 5.13. The fourth-order valence-electron chi connectivity index (χ4n) is 2.03. The molecule has 22 heavy (non-hydrogen) atoms. The Labute approximate surface area is 131 Å². The zero-order valence-electron chi connectivity index (χ0n) is 13.6. The normalized spacial score (nSPS) is 10.6. The Bertz CT molecular complexity index is 581. The molecule has 0 bridgehead atoms. The minimum atomic E-state index is 0.168. The predicted molar refractivity (Wildman–Crippen MR) is 88.9 cm³/mol. The van der Waals surface area contributed by atoms with E-state index in [2.05, 4.69) is 39.2 Å². The van der Waals surface area contributed by atoms with E-state index in [1.165, 1.54) is 0 Å². The molecule has 1 N–H and O–H groups in total. The molecule has 0 atom stereocenters. The van der Waals surface area contributed by atoms with Crippen molar-refractivity contribution in [2.24, 2.45) is 0 Å². The van der Waals surface area contributed by atoms with Crippen LogP contribution in [-0.2, 0) is 0 Å². The number of ether oxygens (including phenoxy) is 1. The van der Waals surface area contributed by atoms with Gasteiger partial charge in [-0.15, -0.1) is 5.10 Å². The summed E-state index contributed by atoms with van der Waals surface area (Å²) in [5, 5.41) is 11.3. The molecule has 0 aliphatic heterocycles. The molecule has 1 aromatic carbocycles. The number of hydrogen-bond donors (Lipinski definition) is 1. The van der Waals surface area contributed by atoms with Crippen LogP contribution in [0.3, 0.4) is 0 Å². The third-order valence-corrected chi connectivity index (χ3v) is 3.09. The second-order valence-electron chi connectivity index (χ2n) is 5.13. The van der Waals surface area contributed by atoms with Crippen molar-refractivity contribution in [1.82, 2.24) is 15.2 Å². The van der Waals surface area contributed by atoms with E-state index in [1.807, 2.05) is 38.1 Å². The van der Waals surface area contributed by atoms with Crippen molar-refractivity contribution in [2.45, 2.75) is 33.8 Å². The van der Waals surface area contributed by atoms with Crippen LogP contribution in [0.4, 0.5) is 17.5 Å². The van der Waals surface area contributed by atoms with Crippen LogP contribution in [0, 0.1) is 0 Å². The standard InChI is InChI=1S/C16H23N5O/c1-5-21(6-2)16-19-15(11-17-20-16)18-13-7-9-14(10-8-13)22-12(3)4/h7-12H,5-6H2,1-4H3,(H,18,19,20). The first-order valence-corrected chi connectivity index (χ1v) is 7.60. The molecule has 1 heterocycles. The lowest BCUT2D eigenvalue weighted by atomic mass is 10.3. The maximum Gasteiger partial charge on any atom is 0.247 e. The first kappa shape index (κ1) is 16.0. The average Bonchev–Trinajstić information content (AvgIpc) is 2.50. The summed E-state index contributed by atoms with van der Waals surface area (Å²) >= 11 is 0. The highest BCUT2D eigenvalue weighted by atomic mass is 16.5. The fraction of sp³-hybridized carbons (Fsp3) is 0.438. The average molecular weight is 301 g/mol. The van der Waals surface area contributed by atoms with E-state index in [-0.39, 0.29) is 6.10 Å². The van der Waals surface area contributed by atoms with Gasteiger partial charge in [-0.25, -0.2) is 0 Å². The largest absolute Gasteiger partial charge is 0.491 e. The molecule has 1 aromatic heterocycles. The van der Waals surface area contributed by atoms with Gasteiger partial charge in [0.2, 0.25) is 5.95 Å². The molecule has 0 spiro atoms. The van der Waals surface area contributed by atoms with Crippen LogP contribution in [0.1, 0.15) is 27.7 Å². The monoisotopic (exact) mass is 301 g/mol. The van der Waals surface area contributed by atoms with Crippen LogP contribution in [0.5, 0.6) is 5.75 Å². The van der Waals surface area contributed by atoms with Gasteiger partial charge >= 0.3 is 0 Å². The number of anilines is 3. The van der Waals surface area contributed by atoms with Gasteiger partial charge in [0.05, 0.1) is 12.3 Å². The second kappa shape index (κ2) is 7.59. The molecule has 118 valence electrons. The first-order chi connectivity index (χ1) is 10.6. The zero-order valence-corrected chi connectivity index (χ0v) is 13.6. The van der Waals surface area contributed by atoms with Crippen molar-refractivity contribution in [3.8, 4) is 5.75 Å². The molecule has 0 aliphatic rings. The third kappa shape index (κ3) is 4.31. The number of benzene rings is 1. The van der Waals surface area contributed by atoms with Gasteiger partial charge in [0.1, 0.15) is 5.75 Å². The van der Waals surface area contributed by atoms with Crippen molar-refractivity contribution in [3.63, 3.8) is 0 Å². The minimum absolute atomic E-state index is 0.168. The van der Waals surface area contributed by atoms with Crippen LogP contribution in [-0.4, -0.2) is 34.4 Å². The van der Waals surface area contributed by atoms with Gasteiger partial charge in [0, 0.05) is 18.8 Å². The molecule has 0 radical (unpaired) electrons. The molecular formula is C16H23N5O. The van der Waals surface area contributed by atoms with Crippen molar-refractivity contribution in [1.29, 1.82) is 0 Å². The van der Waals surface area contributed by atoms with Gasteiger partial charge < -0.3 is 15.0 Å². The topological polar surface area (TPSA) is 63.2 Å². The van der Waals surface area contributed by atoms with Gasteiger partial charge in [-0.2, -0.15) is 10.1 Å². The summed E-state index contributed by atoms with van der Waals surface area (Å²) in [7, 11) is 0. The molecule has 2 aromatic rings. The van der Waals surface area contributed by atoms with Gasteiger partial charge in [0.15, 0.2) is 5.82 Å². The number of aromatic nitrogens is 3. The summed E-state index contributed by atoms with van der Waals surface area (Å²) < 4.78 is 5.63. The zero-order chi connectivity index (χ0) is 15.9. The SMILES string of the molecule is CCN(CC)c1nncc(Nc2ccc(OC(C)C)cc2)n1. The molecule has 0 amide bonds. The summed E-state index contributed by atoms with van der Waals surface area (Å²) in [5.41, 5.74) is 0.933. The van der Waals surface area contributed by atoms with Gasteiger partial charge in [-0.1, -0.05) is 0 Å². The van der Waals surface area contributed by atoms with Gasteiger partial charge in [-0.05, 0) is 52.0 Å². The highest BCUT2D eigenvalue weighted by Crippen LogP contribution is 2.20. The molecular weight excluding hydrogens is 278 g/mol. The number of nitrogens with one attached hydrogen (secondary N) is 1.